The summed E-state index contributed by atoms with van der Waals surface area (Å²) in [6, 6.07) is 7.30. The largest absolute Gasteiger partial charge is 0.436 e. The van der Waals surface area contributed by atoms with E-state index >= 15 is 0 Å². The number of aryl methyl sites for hydroxylation is 2. The Morgan fingerprint density at radius 1 is 1.10 bits per heavy atom. The fourth-order valence-corrected chi connectivity index (χ4v) is 3.48. The summed E-state index contributed by atoms with van der Waals surface area (Å²) in [4.78, 5) is 39.1. The van der Waals surface area contributed by atoms with E-state index in [-0.39, 0.29) is 23.7 Å². The van der Waals surface area contributed by atoms with Crippen LogP contribution < -0.4 is 5.32 Å². The lowest BCUT2D eigenvalue weighted by Crippen LogP contribution is -2.42. The van der Waals surface area contributed by atoms with Gasteiger partial charge in [0.05, 0.1) is 24.5 Å². The number of pyridine rings is 2. The van der Waals surface area contributed by atoms with Gasteiger partial charge in [-0.15, -0.1) is 0 Å². The third-order valence-electron chi connectivity index (χ3n) is 5.12. The number of carbonyl (C=O) groups is 2. The summed E-state index contributed by atoms with van der Waals surface area (Å²) in [5.41, 5.74) is 3.40. The molecule has 1 saturated heterocycles. The van der Waals surface area contributed by atoms with Crippen LogP contribution in [0.15, 0.2) is 41.1 Å². The molecule has 0 aliphatic carbocycles. The first kappa shape index (κ1) is 20.7. The van der Waals surface area contributed by atoms with Gasteiger partial charge in [-0.05, 0) is 19.1 Å². The zero-order chi connectivity index (χ0) is 22.0. The van der Waals surface area contributed by atoms with Crippen LogP contribution in [0.4, 0.5) is 0 Å². The number of amides is 2. The van der Waals surface area contributed by atoms with Crippen LogP contribution in [0.1, 0.15) is 44.4 Å². The second kappa shape index (κ2) is 8.65. The number of ether oxygens (including phenoxy) is 1. The Kier molecular flexibility index (Phi) is 5.77. The Bertz CT molecular complexity index is 1090. The molecule has 1 atom stereocenters. The lowest BCUT2D eigenvalue weighted by Gasteiger charge is -2.32. The van der Waals surface area contributed by atoms with Gasteiger partial charge < -0.3 is 19.4 Å². The van der Waals surface area contributed by atoms with Crippen LogP contribution in [0.5, 0.6) is 0 Å². The smallest absolute Gasteiger partial charge is 0.291 e. The maximum atomic E-state index is 12.8. The molecule has 0 unspecified atom stereocenters. The Hall–Kier alpha value is -3.59. The van der Waals surface area contributed by atoms with Gasteiger partial charge in [0, 0.05) is 44.0 Å². The second-order valence-corrected chi connectivity index (χ2v) is 7.24. The number of nitrogens with zero attached hydrogens (tertiary/aromatic N) is 4. The van der Waals surface area contributed by atoms with Crippen LogP contribution in [0, 0.1) is 13.8 Å². The van der Waals surface area contributed by atoms with Crippen LogP contribution in [0.3, 0.4) is 0 Å². The van der Waals surface area contributed by atoms with Gasteiger partial charge in [-0.1, -0.05) is 12.1 Å². The first-order valence-corrected chi connectivity index (χ1v) is 9.95. The van der Waals surface area contributed by atoms with Crippen molar-refractivity contribution in [3.63, 3.8) is 0 Å². The molecule has 4 heterocycles. The van der Waals surface area contributed by atoms with Crippen LogP contribution in [-0.2, 0) is 4.74 Å². The van der Waals surface area contributed by atoms with Crippen LogP contribution in [0.25, 0.3) is 11.1 Å². The fraction of sp³-hybridized carbons (Fsp3) is 0.318. The SMILES string of the molecule is CNC(=O)c1ccc(-c2ccc([C@@H]3CN(C(=O)c4oc(C)nc4C)CCO3)nc2)cn1. The topological polar surface area (TPSA) is 110 Å². The molecule has 1 fully saturated rings. The molecule has 9 nitrogen and oxygen atoms in total. The third-order valence-corrected chi connectivity index (χ3v) is 5.12. The molecule has 3 aromatic heterocycles. The molecule has 3 aromatic rings. The number of oxazole rings is 1. The molecule has 1 aliphatic rings. The van der Waals surface area contributed by atoms with Crippen LogP contribution in [0.2, 0.25) is 0 Å². The first-order valence-electron chi connectivity index (χ1n) is 9.95. The molecule has 1 aliphatic heterocycles. The van der Waals surface area contributed by atoms with Crippen molar-refractivity contribution in [1.29, 1.82) is 0 Å². The highest BCUT2D eigenvalue weighted by atomic mass is 16.5. The summed E-state index contributed by atoms with van der Waals surface area (Å²) in [5.74, 6) is 0.324. The lowest BCUT2D eigenvalue weighted by atomic mass is 10.1. The number of nitrogens with one attached hydrogen (secondary N) is 1. The van der Waals surface area contributed by atoms with Gasteiger partial charge in [0.15, 0.2) is 5.89 Å². The highest BCUT2D eigenvalue weighted by Crippen LogP contribution is 2.25. The maximum absolute atomic E-state index is 12.8. The number of aromatic nitrogens is 3. The van der Waals surface area contributed by atoms with Gasteiger partial charge in [0.1, 0.15) is 11.8 Å². The molecule has 4 rings (SSSR count). The Morgan fingerprint density at radius 3 is 2.42 bits per heavy atom. The van der Waals surface area contributed by atoms with Crippen molar-refractivity contribution in [3.8, 4) is 11.1 Å². The van der Waals surface area contributed by atoms with Crippen molar-refractivity contribution < 1.29 is 18.7 Å². The molecular formula is C22H23N5O4. The van der Waals surface area contributed by atoms with Crippen molar-refractivity contribution in [2.45, 2.75) is 20.0 Å². The van der Waals surface area contributed by atoms with Crippen molar-refractivity contribution >= 4 is 11.8 Å². The van der Waals surface area contributed by atoms with E-state index in [1.807, 2.05) is 18.2 Å². The minimum atomic E-state index is -0.329. The van der Waals surface area contributed by atoms with Gasteiger partial charge in [-0.25, -0.2) is 4.98 Å². The molecule has 0 radical (unpaired) electrons. The van der Waals surface area contributed by atoms with Gasteiger partial charge >= 0.3 is 0 Å². The van der Waals surface area contributed by atoms with Crippen molar-refractivity contribution in [3.05, 3.63) is 65.4 Å². The van der Waals surface area contributed by atoms with E-state index in [9.17, 15) is 9.59 Å². The zero-order valence-corrected chi connectivity index (χ0v) is 17.6. The molecule has 31 heavy (non-hydrogen) atoms. The molecule has 0 spiro atoms. The monoisotopic (exact) mass is 421 g/mol. The number of hydrogen-bond acceptors (Lipinski definition) is 7. The zero-order valence-electron chi connectivity index (χ0n) is 17.6. The lowest BCUT2D eigenvalue weighted by molar-refractivity contribution is -0.0257. The standard InChI is InChI=1S/C22H23N5O4/c1-13-20(31-14(2)26-13)22(29)27-8-9-30-19(12-27)17-6-4-15(10-24-17)16-5-7-18(25-11-16)21(28)23-3/h4-7,10-11,19H,8-9,12H2,1-3H3,(H,23,28)/t19-/m0/s1. The van der Waals surface area contributed by atoms with Crippen molar-refractivity contribution in [2.24, 2.45) is 0 Å². The quantitative estimate of drug-likeness (QED) is 0.688. The van der Waals surface area contributed by atoms with E-state index < -0.39 is 0 Å². The number of morpholine rings is 1. The first-order chi connectivity index (χ1) is 15.0. The maximum Gasteiger partial charge on any atom is 0.291 e. The van der Waals surface area contributed by atoms with Crippen molar-refractivity contribution in [1.82, 2.24) is 25.2 Å². The summed E-state index contributed by atoms with van der Waals surface area (Å²) < 4.78 is 11.3. The van der Waals surface area contributed by atoms with Gasteiger partial charge in [-0.2, -0.15) is 0 Å². The summed E-state index contributed by atoms with van der Waals surface area (Å²) >= 11 is 0. The molecule has 0 bridgehead atoms. The predicted octanol–water partition coefficient (Wildman–Crippen LogP) is 2.32. The van der Waals surface area contributed by atoms with Crippen LogP contribution in [-0.4, -0.2) is 58.4 Å². The highest BCUT2D eigenvalue weighted by molar-refractivity contribution is 5.93. The van der Waals surface area contributed by atoms with E-state index in [1.54, 1.807) is 44.3 Å². The molecule has 2 amide bonds. The van der Waals surface area contributed by atoms with Crippen LogP contribution >= 0.6 is 0 Å². The Morgan fingerprint density at radius 2 is 1.84 bits per heavy atom. The van der Waals surface area contributed by atoms with Gasteiger partial charge in [0.2, 0.25) is 5.76 Å². The van der Waals surface area contributed by atoms with E-state index in [0.717, 1.165) is 16.8 Å². The van der Waals surface area contributed by atoms with Gasteiger partial charge in [-0.3, -0.25) is 19.6 Å². The van der Waals surface area contributed by atoms with Gasteiger partial charge in [0.25, 0.3) is 11.8 Å². The number of hydrogen-bond donors (Lipinski definition) is 1. The molecular weight excluding hydrogens is 398 g/mol. The Balaban J connectivity index is 1.46. The molecule has 160 valence electrons. The summed E-state index contributed by atoms with van der Waals surface area (Å²) in [7, 11) is 1.57. The minimum Gasteiger partial charge on any atom is -0.436 e. The second-order valence-electron chi connectivity index (χ2n) is 7.24. The number of carbonyl (C=O) groups excluding carboxylic acids is 2. The molecule has 0 saturated carbocycles. The third kappa shape index (κ3) is 4.31. The van der Waals surface area contributed by atoms with E-state index in [4.69, 9.17) is 9.15 Å². The fourth-order valence-electron chi connectivity index (χ4n) is 3.48. The normalized spacial score (nSPS) is 16.2. The minimum absolute atomic E-state index is 0.190. The van der Waals surface area contributed by atoms with Crippen molar-refractivity contribution in [2.75, 3.05) is 26.7 Å². The predicted molar refractivity (Wildman–Crippen MR) is 111 cm³/mol. The van der Waals surface area contributed by atoms with E-state index in [0.29, 0.717) is 37.0 Å². The Labute approximate surface area is 179 Å². The molecule has 9 heteroatoms. The average Bonchev–Trinajstić information content (AvgIpc) is 3.16. The molecule has 0 aromatic carbocycles. The van der Waals surface area contributed by atoms with E-state index in [2.05, 4.69) is 20.3 Å². The number of rotatable bonds is 4. The summed E-state index contributed by atoms with van der Waals surface area (Å²) in [6.07, 6.45) is 3.05. The average molecular weight is 421 g/mol. The summed E-state index contributed by atoms with van der Waals surface area (Å²) in [6.45, 7) is 4.76. The molecule has 1 N–H and O–H groups in total. The summed E-state index contributed by atoms with van der Waals surface area (Å²) in [5, 5.41) is 2.55. The van der Waals surface area contributed by atoms with E-state index in [1.165, 1.54) is 0 Å². The highest BCUT2D eigenvalue weighted by Gasteiger charge is 2.29.